The van der Waals surface area contributed by atoms with E-state index in [9.17, 15) is 4.79 Å². The number of imidazole rings is 1. The number of hydrogen-bond acceptors (Lipinski definition) is 3. The number of rotatable bonds is 3. The molecule has 2 fully saturated rings. The molecule has 1 aliphatic heterocycles. The first-order valence-electron chi connectivity index (χ1n) is 8.93. The molecule has 128 valence electrons. The number of nitrogens with zero attached hydrogens (tertiary/aromatic N) is 2. The Morgan fingerprint density at radius 2 is 2.04 bits per heavy atom. The zero-order valence-electron chi connectivity index (χ0n) is 14.5. The molecule has 1 saturated carbocycles. The van der Waals surface area contributed by atoms with Crippen molar-refractivity contribution in [2.75, 3.05) is 13.1 Å². The summed E-state index contributed by atoms with van der Waals surface area (Å²) >= 11 is 0. The van der Waals surface area contributed by atoms with Gasteiger partial charge in [-0.3, -0.25) is 4.79 Å². The van der Waals surface area contributed by atoms with Crippen LogP contribution >= 0.6 is 0 Å². The molecule has 2 atom stereocenters. The van der Waals surface area contributed by atoms with Gasteiger partial charge >= 0.3 is 0 Å². The predicted molar refractivity (Wildman–Crippen MR) is 97.2 cm³/mol. The smallest absolute Gasteiger partial charge is 0.224 e. The summed E-state index contributed by atoms with van der Waals surface area (Å²) in [5.74, 6) is 1.41. The van der Waals surface area contributed by atoms with Gasteiger partial charge in [0, 0.05) is 11.3 Å². The van der Waals surface area contributed by atoms with Crippen LogP contribution in [-0.2, 0) is 10.3 Å². The largest absolute Gasteiger partial charge is 0.345 e. The first kappa shape index (κ1) is 14.9. The number of hydrogen-bond donors (Lipinski definition) is 2. The second-order valence-corrected chi connectivity index (χ2v) is 7.89. The molecule has 2 unspecified atom stereocenters. The number of carbonyl (C=O) groups excluding carboxylic acids is 1. The standard InChI is InChI=1S/C20H22N4O/c1-20(2,23-19(25)17-15-9-21-10-16(15)17)18-14-6-4-3-5-12(14)7-13-8-22-11-24(13)18/h3-8,11,15-17,21H,9-10H2,1-2H3,(H,23,25). The van der Waals surface area contributed by atoms with Crippen LogP contribution in [0.1, 0.15) is 19.5 Å². The Balaban J connectivity index is 1.58. The molecule has 5 heteroatoms. The Hall–Kier alpha value is -2.40. The summed E-state index contributed by atoms with van der Waals surface area (Å²) in [6.45, 7) is 6.12. The number of benzene rings is 1. The first-order chi connectivity index (χ1) is 12.1. The van der Waals surface area contributed by atoms with Gasteiger partial charge in [-0.15, -0.1) is 0 Å². The molecule has 0 bridgehead atoms. The highest BCUT2D eigenvalue weighted by atomic mass is 16.2. The molecule has 3 heterocycles. The second-order valence-electron chi connectivity index (χ2n) is 7.89. The molecule has 5 rings (SSSR count). The summed E-state index contributed by atoms with van der Waals surface area (Å²) in [5.41, 5.74) is 1.64. The molecular weight excluding hydrogens is 312 g/mol. The van der Waals surface area contributed by atoms with Gasteiger partial charge in [0.1, 0.15) is 0 Å². The van der Waals surface area contributed by atoms with Gasteiger partial charge in [-0.05, 0) is 50.2 Å². The molecule has 1 aliphatic carbocycles. The third-order valence-corrected chi connectivity index (χ3v) is 5.85. The van der Waals surface area contributed by atoms with Crippen LogP contribution in [0.15, 0.2) is 42.9 Å². The average molecular weight is 334 g/mol. The second kappa shape index (κ2) is 5.05. The number of carbonyl (C=O) groups is 1. The Morgan fingerprint density at radius 3 is 2.84 bits per heavy atom. The molecule has 0 spiro atoms. The molecule has 5 nitrogen and oxygen atoms in total. The fourth-order valence-electron chi connectivity index (χ4n) is 4.62. The van der Waals surface area contributed by atoms with E-state index < -0.39 is 5.54 Å². The summed E-state index contributed by atoms with van der Waals surface area (Å²) in [5, 5.41) is 8.99. The lowest BCUT2D eigenvalue weighted by Gasteiger charge is -2.29. The normalized spacial score (nSPS) is 25.3. The van der Waals surface area contributed by atoms with Crippen molar-refractivity contribution in [1.82, 2.24) is 20.0 Å². The molecule has 2 N–H and O–H groups in total. The van der Waals surface area contributed by atoms with E-state index in [1.54, 1.807) is 0 Å². The lowest BCUT2D eigenvalue weighted by molar-refractivity contribution is -0.124. The van der Waals surface area contributed by atoms with Gasteiger partial charge < -0.3 is 15.0 Å². The molecular formula is C20H22N4O. The van der Waals surface area contributed by atoms with E-state index in [1.807, 2.05) is 24.7 Å². The van der Waals surface area contributed by atoms with Gasteiger partial charge in [0.25, 0.3) is 0 Å². The van der Waals surface area contributed by atoms with E-state index in [-0.39, 0.29) is 11.8 Å². The molecule has 1 amide bonds. The van der Waals surface area contributed by atoms with Crippen molar-refractivity contribution >= 4 is 22.2 Å². The fourth-order valence-corrected chi connectivity index (χ4v) is 4.62. The van der Waals surface area contributed by atoms with Crippen LogP contribution < -0.4 is 10.6 Å². The highest BCUT2D eigenvalue weighted by molar-refractivity contribution is 5.90. The van der Waals surface area contributed by atoms with Crippen molar-refractivity contribution in [2.24, 2.45) is 17.8 Å². The number of pyridine rings is 1. The number of piperidine rings is 1. The van der Waals surface area contributed by atoms with E-state index in [4.69, 9.17) is 0 Å². The third-order valence-electron chi connectivity index (χ3n) is 5.85. The van der Waals surface area contributed by atoms with Gasteiger partial charge in [0.2, 0.25) is 5.91 Å². The number of fused-ring (bicyclic) bond motifs is 3. The third kappa shape index (κ3) is 2.19. The van der Waals surface area contributed by atoms with Crippen LogP contribution in [0.5, 0.6) is 0 Å². The summed E-state index contributed by atoms with van der Waals surface area (Å²) in [6, 6.07) is 10.5. The van der Waals surface area contributed by atoms with E-state index >= 15 is 0 Å². The van der Waals surface area contributed by atoms with Crippen LogP contribution in [-0.4, -0.2) is 28.4 Å². The Morgan fingerprint density at radius 1 is 1.28 bits per heavy atom. The zero-order chi connectivity index (χ0) is 17.2. The van der Waals surface area contributed by atoms with Gasteiger partial charge in [-0.25, -0.2) is 4.98 Å². The molecule has 3 aromatic rings. The lowest BCUT2D eigenvalue weighted by Crippen LogP contribution is -2.44. The lowest BCUT2D eigenvalue weighted by atomic mass is 9.93. The van der Waals surface area contributed by atoms with Gasteiger partial charge in [-0.2, -0.15) is 0 Å². The highest BCUT2D eigenvalue weighted by Crippen LogP contribution is 2.49. The van der Waals surface area contributed by atoms with Crippen LogP contribution in [0.25, 0.3) is 16.3 Å². The number of nitrogens with one attached hydrogen (secondary N) is 2. The summed E-state index contributed by atoms with van der Waals surface area (Å²) < 4.78 is 2.10. The topological polar surface area (TPSA) is 58.4 Å². The fraction of sp³-hybridized carbons (Fsp3) is 0.400. The van der Waals surface area contributed by atoms with Gasteiger partial charge in [0.15, 0.2) is 0 Å². The predicted octanol–water partition coefficient (Wildman–Crippen LogP) is 2.30. The van der Waals surface area contributed by atoms with Crippen molar-refractivity contribution in [3.63, 3.8) is 0 Å². The van der Waals surface area contributed by atoms with Crippen molar-refractivity contribution in [1.29, 1.82) is 0 Å². The summed E-state index contributed by atoms with van der Waals surface area (Å²) in [6.07, 6.45) is 3.70. The van der Waals surface area contributed by atoms with Crippen LogP contribution in [0, 0.1) is 17.8 Å². The Labute approximate surface area is 146 Å². The van der Waals surface area contributed by atoms with E-state index in [0.29, 0.717) is 11.8 Å². The number of aromatic nitrogens is 2. The first-order valence-corrected chi connectivity index (χ1v) is 8.93. The van der Waals surface area contributed by atoms with E-state index in [1.165, 1.54) is 5.39 Å². The van der Waals surface area contributed by atoms with Gasteiger partial charge in [-0.1, -0.05) is 24.3 Å². The Bertz CT molecular complexity index is 980. The molecule has 1 saturated heterocycles. The molecule has 2 aromatic heterocycles. The van der Waals surface area contributed by atoms with Crippen LogP contribution in [0.3, 0.4) is 0 Å². The minimum Gasteiger partial charge on any atom is -0.345 e. The van der Waals surface area contributed by atoms with Crippen LogP contribution in [0.4, 0.5) is 0 Å². The van der Waals surface area contributed by atoms with Gasteiger partial charge in [0.05, 0.1) is 29.3 Å². The van der Waals surface area contributed by atoms with Crippen LogP contribution in [0.2, 0.25) is 0 Å². The SMILES string of the molecule is CC(C)(NC(=O)C1C2CNCC21)c1c2ccccc2cc2cncn12. The van der Waals surface area contributed by atoms with E-state index in [0.717, 1.165) is 29.7 Å². The molecule has 25 heavy (non-hydrogen) atoms. The van der Waals surface area contributed by atoms with Crippen molar-refractivity contribution in [2.45, 2.75) is 19.4 Å². The molecule has 2 aliphatic rings. The maximum absolute atomic E-state index is 12.9. The molecule has 0 radical (unpaired) electrons. The van der Waals surface area contributed by atoms with Crippen molar-refractivity contribution in [3.8, 4) is 0 Å². The minimum atomic E-state index is -0.485. The minimum absolute atomic E-state index is 0.175. The monoisotopic (exact) mass is 334 g/mol. The van der Waals surface area contributed by atoms with E-state index in [2.05, 4.69) is 52.1 Å². The summed E-state index contributed by atoms with van der Waals surface area (Å²) in [7, 11) is 0. The van der Waals surface area contributed by atoms with Crippen molar-refractivity contribution < 1.29 is 4.79 Å². The summed E-state index contributed by atoms with van der Waals surface area (Å²) in [4.78, 5) is 17.2. The maximum atomic E-state index is 12.9. The Kier molecular flexibility index (Phi) is 3.01. The average Bonchev–Trinajstić information content (AvgIpc) is 2.92. The highest BCUT2D eigenvalue weighted by Gasteiger charge is 2.57. The maximum Gasteiger partial charge on any atom is 0.224 e. The number of amides is 1. The zero-order valence-corrected chi connectivity index (χ0v) is 14.5. The quantitative estimate of drug-likeness (QED) is 0.773. The van der Waals surface area contributed by atoms with Crippen molar-refractivity contribution in [3.05, 3.63) is 48.5 Å². The molecule has 1 aromatic carbocycles.